The molecule has 0 aliphatic carbocycles. The molecule has 10 atom stereocenters. The minimum Gasteiger partial charge on any atom is -0.481 e. The second-order valence-electron chi connectivity index (χ2n) is 12.5. The number of aliphatic carboxylic acids is 2. The van der Waals surface area contributed by atoms with Crippen LogP contribution in [-0.4, -0.2) is 176 Å². The Morgan fingerprint density at radius 2 is 0.965 bits per heavy atom. The first-order chi connectivity index (χ1) is 26.5. The third-order valence-electron chi connectivity index (χ3n) is 7.57. The molecule has 0 bridgehead atoms. The van der Waals surface area contributed by atoms with E-state index in [0.717, 1.165) is 20.8 Å². The molecule has 57 heavy (non-hydrogen) atoms. The Labute approximate surface area is 324 Å². The van der Waals surface area contributed by atoms with Crippen LogP contribution in [0.15, 0.2) is 0 Å². The molecule has 0 radical (unpaired) electrons. The van der Waals surface area contributed by atoms with Gasteiger partial charge < -0.3 is 83.7 Å². The van der Waals surface area contributed by atoms with Gasteiger partial charge in [0.15, 0.2) is 0 Å². The van der Waals surface area contributed by atoms with Gasteiger partial charge in [-0.3, -0.25) is 47.9 Å². The van der Waals surface area contributed by atoms with E-state index in [0.29, 0.717) is 6.29 Å². The van der Waals surface area contributed by atoms with Gasteiger partial charge in [-0.15, -0.1) is 0 Å². The fourth-order valence-electron chi connectivity index (χ4n) is 4.39. The second kappa shape index (κ2) is 25.4. The van der Waals surface area contributed by atoms with Gasteiger partial charge >= 0.3 is 11.9 Å². The van der Waals surface area contributed by atoms with Gasteiger partial charge in [0, 0.05) is 6.42 Å². The summed E-state index contributed by atoms with van der Waals surface area (Å²) in [6.07, 6.45) is -5.36. The van der Waals surface area contributed by atoms with E-state index in [-0.39, 0.29) is 0 Å². The molecule has 26 heteroatoms. The van der Waals surface area contributed by atoms with Crippen LogP contribution >= 0.6 is 0 Å². The molecule has 0 rings (SSSR count). The van der Waals surface area contributed by atoms with Gasteiger partial charge in [0.2, 0.25) is 47.3 Å². The number of nitrogens with one attached hydrogen (secondary N) is 8. The second-order valence-corrected chi connectivity index (χ2v) is 12.5. The Kier molecular flexibility index (Phi) is 22.8. The molecule has 0 fully saturated rings. The molecule has 0 saturated carbocycles. The number of hydrogen-bond donors (Lipinski definition) is 15. The zero-order valence-electron chi connectivity index (χ0n) is 31.3. The van der Waals surface area contributed by atoms with E-state index in [4.69, 9.17) is 10.8 Å². The van der Waals surface area contributed by atoms with E-state index in [2.05, 4.69) is 26.6 Å². The first-order valence-electron chi connectivity index (χ1n) is 17.1. The Morgan fingerprint density at radius 3 is 1.40 bits per heavy atom. The third kappa shape index (κ3) is 18.6. The van der Waals surface area contributed by atoms with Gasteiger partial charge in [-0.1, -0.05) is 0 Å². The van der Waals surface area contributed by atoms with Gasteiger partial charge in [-0.2, -0.15) is 0 Å². The van der Waals surface area contributed by atoms with Crippen LogP contribution in [0.2, 0.25) is 0 Å². The van der Waals surface area contributed by atoms with Gasteiger partial charge in [0.25, 0.3) is 0 Å². The Balaban J connectivity index is 5.91. The summed E-state index contributed by atoms with van der Waals surface area (Å²) in [6.45, 7) is 1.85. The number of aliphatic hydroxyl groups is 4. The van der Waals surface area contributed by atoms with Crippen LogP contribution < -0.4 is 48.3 Å². The first-order valence-corrected chi connectivity index (χ1v) is 17.1. The summed E-state index contributed by atoms with van der Waals surface area (Å²) in [6, 6.07) is -13.5. The number of aliphatic hydroxyl groups excluding tert-OH is 4. The van der Waals surface area contributed by atoms with Crippen molar-refractivity contribution in [2.24, 2.45) is 5.73 Å². The third-order valence-corrected chi connectivity index (χ3v) is 7.57. The molecule has 0 aromatic heterocycles. The molecule has 0 aliphatic heterocycles. The molecule has 0 unspecified atom stereocenters. The van der Waals surface area contributed by atoms with Crippen molar-refractivity contribution >= 4 is 65.5 Å². The van der Waals surface area contributed by atoms with E-state index in [1.807, 2.05) is 16.0 Å². The molecule has 0 spiro atoms. The van der Waals surface area contributed by atoms with Crippen LogP contribution in [0.4, 0.5) is 0 Å². The minimum absolute atomic E-state index is 0.313. The lowest BCUT2D eigenvalue weighted by molar-refractivity contribution is -0.142. The number of rotatable bonds is 26. The maximum absolute atomic E-state index is 13.2. The fourth-order valence-corrected chi connectivity index (χ4v) is 4.39. The highest BCUT2D eigenvalue weighted by Crippen LogP contribution is 2.04. The maximum atomic E-state index is 13.2. The Bertz CT molecular complexity index is 1480. The number of amides is 8. The molecule has 0 aromatic rings. The summed E-state index contributed by atoms with van der Waals surface area (Å²) < 4.78 is 0. The average molecular weight is 822 g/mol. The topological polar surface area (TPSA) is 431 Å². The normalized spacial score (nSPS) is 16.1. The Morgan fingerprint density at radius 1 is 0.544 bits per heavy atom. The minimum atomic E-state index is -1.98. The van der Waals surface area contributed by atoms with Crippen LogP contribution in [0.5, 0.6) is 0 Å². The van der Waals surface area contributed by atoms with Crippen LogP contribution in [0.3, 0.4) is 0 Å². The molecular weight excluding hydrogens is 770 g/mol. The number of carboxylic acid groups (broad SMARTS) is 2. The van der Waals surface area contributed by atoms with Gasteiger partial charge in [0.1, 0.15) is 48.6 Å². The summed E-state index contributed by atoms with van der Waals surface area (Å²) in [5.74, 6) is -12.3. The van der Waals surface area contributed by atoms with Crippen molar-refractivity contribution in [3.8, 4) is 0 Å². The van der Waals surface area contributed by atoms with Crippen LogP contribution in [0.25, 0.3) is 0 Å². The van der Waals surface area contributed by atoms with Gasteiger partial charge in [-0.25, -0.2) is 0 Å². The first kappa shape index (κ1) is 51.2. The highest BCUT2D eigenvalue weighted by atomic mass is 16.4. The lowest BCUT2D eigenvalue weighted by Crippen LogP contribution is -2.63. The van der Waals surface area contributed by atoms with Crippen molar-refractivity contribution in [2.75, 3.05) is 19.8 Å². The van der Waals surface area contributed by atoms with Crippen molar-refractivity contribution < 1.29 is 83.4 Å². The lowest BCUT2D eigenvalue weighted by atomic mass is 10.1. The number of carbonyl (C=O) groups excluding carboxylic acids is 9. The standard InChI is InChI=1S/C31H51N9O17/c1-12(32)24(50)37-18(10-42)28(54)34-13(2)25(51)36-17(9-21(48)49)27(53)38-19(11-43)29(55)39-23(15(4)45)31(57)40-22(14(3)44)30(56)35-16(5-6-20(46)47)26(52)33-7-8-41/h8,12-19,22-23,42-45H,5-7,9-11,32H2,1-4H3,(H,33,52)(H,34,54)(H,35,56)(H,36,51)(H,37,50)(H,38,53)(H,39,55)(H,40,57)(H,46,47)(H,48,49)/t12-,13-,14+,15+,16-,17-,18-,19-,22-,23-/m0/s1. The number of carbonyl (C=O) groups is 11. The van der Waals surface area contributed by atoms with Crippen LogP contribution in [0, 0.1) is 0 Å². The molecule has 322 valence electrons. The van der Waals surface area contributed by atoms with Crippen molar-refractivity contribution in [1.82, 2.24) is 42.5 Å². The fraction of sp³-hybridized carbons (Fsp3) is 0.645. The smallest absolute Gasteiger partial charge is 0.305 e. The average Bonchev–Trinajstić information content (AvgIpc) is 3.12. The van der Waals surface area contributed by atoms with E-state index in [9.17, 15) is 78.3 Å². The van der Waals surface area contributed by atoms with Crippen LogP contribution in [-0.2, 0) is 52.7 Å². The van der Waals surface area contributed by atoms with Crippen molar-refractivity contribution in [2.45, 2.75) is 108 Å². The van der Waals surface area contributed by atoms with E-state index in [1.54, 1.807) is 0 Å². The molecule has 0 saturated heterocycles. The molecular formula is C31H51N9O17. The number of carboxylic acids is 2. The highest BCUT2D eigenvalue weighted by Gasteiger charge is 2.36. The predicted octanol–water partition coefficient (Wildman–Crippen LogP) is -8.85. The summed E-state index contributed by atoms with van der Waals surface area (Å²) in [7, 11) is 0. The van der Waals surface area contributed by atoms with Crippen LogP contribution in [0.1, 0.15) is 47.0 Å². The molecule has 0 heterocycles. The quantitative estimate of drug-likeness (QED) is 0.0360. The molecule has 0 aliphatic rings. The van der Waals surface area contributed by atoms with Crippen molar-refractivity contribution in [3.63, 3.8) is 0 Å². The van der Waals surface area contributed by atoms with Crippen molar-refractivity contribution in [3.05, 3.63) is 0 Å². The van der Waals surface area contributed by atoms with E-state index in [1.165, 1.54) is 6.92 Å². The Hall–Kier alpha value is -5.83. The monoisotopic (exact) mass is 821 g/mol. The molecule has 8 amide bonds. The largest absolute Gasteiger partial charge is 0.481 e. The van der Waals surface area contributed by atoms with Gasteiger partial charge in [-0.05, 0) is 34.1 Å². The molecule has 0 aromatic carbocycles. The molecule has 16 N–H and O–H groups in total. The summed E-state index contributed by atoms with van der Waals surface area (Å²) in [4.78, 5) is 135. The zero-order chi connectivity index (χ0) is 44.2. The van der Waals surface area contributed by atoms with E-state index < -0.39 is 159 Å². The summed E-state index contributed by atoms with van der Waals surface area (Å²) in [5, 5.41) is 74.8. The van der Waals surface area contributed by atoms with Crippen molar-refractivity contribution in [1.29, 1.82) is 0 Å². The number of hydrogen-bond acceptors (Lipinski definition) is 16. The summed E-state index contributed by atoms with van der Waals surface area (Å²) >= 11 is 0. The van der Waals surface area contributed by atoms with Gasteiger partial charge in [0.05, 0.1) is 44.4 Å². The lowest BCUT2D eigenvalue weighted by Gasteiger charge is -2.28. The number of nitrogens with two attached hydrogens (primary N) is 1. The predicted molar refractivity (Wildman–Crippen MR) is 189 cm³/mol. The van der Waals surface area contributed by atoms with E-state index >= 15 is 0 Å². The SMILES string of the molecule is C[C@H](N)C(=O)N[C@@H](CO)C(=O)N[C@@H](C)C(=O)N[C@@H](CC(=O)O)C(=O)N[C@@H](CO)C(=O)N[C@H](C(=O)N[C@H](C(=O)N[C@@H](CCC(=O)O)C(=O)NCC=O)[C@@H](C)O)[C@@H](C)O. The molecule has 26 nitrogen and oxygen atoms in total. The zero-order valence-corrected chi connectivity index (χ0v) is 31.3. The highest BCUT2D eigenvalue weighted by molar-refractivity contribution is 5.98. The number of aldehydes is 1. The maximum Gasteiger partial charge on any atom is 0.305 e. The summed E-state index contributed by atoms with van der Waals surface area (Å²) in [5.41, 5.74) is 5.41.